The van der Waals surface area contributed by atoms with E-state index in [-0.39, 0.29) is 0 Å². The fraction of sp³-hybridized carbons (Fsp3) is 1.00. The predicted octanol–water partition coefficient (Wildman–Crippen LogP) is 3.13. The van der Waals surface area contributed by atoms with Crippen molar-refractivity contribution >= 4 is 0 Å². The van der Waals surface area contributed by atoms with Crippen LogP contribution in [0.1, 0.15) is 52.9 Å². The van der Waals surface area contributed by atoms with Gasteiger partial charge in [-0.05, 0) is 75.5 Å². The maximum absolute atomic E-state index is 3.47. The van der Waals surface area contributed by atoms with E-state index in [4.69, 9.17) is 0 Å². The van der Waals surface area contributed by atoms with Crippen molar-refractivity contribution in [2.45, 2.75) is 52.9 Å². The number of hydrogen-bond acceptors (Lipinski definition) is 2. The molecule has 0 saturated carbocycles. The lowest BCUT2D eigenvalue weighted by molar-refractivity contribution is 0.128. The summed E-state index contributed by atoms with van der Waals surface area (Å²) in [5.41, 5.74) is 0.516. The van der Waals surface area contributed by atoms with E-state index in [1.165, 1.54) is 64.8 Å². The van der Waals surface area contributed by atoms with Gasteiger partial charge in [-0.2, -0.15) is 0 Å². The third kappa shape index (κ3) is 4.89. The number of nitrogens with one attached hydrogen (secondary N) is 1. The van der Waals surface area contributed by atoms with Crippen molar-refractivity contribution in [1.29, 1.82) is 0 Å². The second-order valence-corrected chi connectivity index (χ2v) is 7.70. The zero-order valence-electron chi connectivity index (χ0n) is 12.7. The highest BCUT2D eigenvalue weighted by molar-refractivity contribution is 4.79. The smallest absolute Gasteiger partial charge is 0.00106 e. The van der Waals surface area contributed by atoms with Crippen molar-refractivity contribution in [3.8, 4) is 0 Å². The molecule has 106 valence electrons. The molecule has 1 N–H and O–H groups in total. The summed E-state index contributed by atoms with van der Waals surface area (Å²) in [6, 6.07) is 0. The summed E-state index contributed by atoms with van der Waals surface area (Å²) in [5, 5.41) is 3.47. The van der Waals surface area contributed by atoms with Crippen LogP contribution in [-0.4, -0.2) is 37.6 Å². The maximum atomic E-state index is 3.47. The van der Waals surface area contributed by atoms with E-state index in [0.717, 1.165) is 11.8 Å². The molecule has 2 heteroatoms. The van der Waals surface area contributed by atoms with Gasteiger partial charge < -0.3 is 10.2 Å². The molecule has 2 aliphatic rings. The lowest BCUT2D eigenvalue weighted by Gasteiger charge is -2.37. The number of hydrogen-bond donors (Lipinski definition) is 1. The zero-order chi connectivity index (χ0) is 13.0. The van der Waals surface area contributed by atoms with Crippen LogP contribution in [-0.2, 0) is 0 Å². The SMILES string of the molecule is CC(C)(C)CC1CCN(CC2CCNCC2)CC1. The Morgan fingerprint density at radius 1 is 0.944 bits per heavy atom. The molecule has 0 atom stereocenters. The number of likely N-dealkylation sites (tertiary alicyclic amines) is 1. The van der Waals surface area contributed by atoms with Gasteiger partial charge in [0.2, 0.25) is 0 Å². The van der Waals surface area contributed by atoms with Gasteiger partial charge in [0, 0.05) is 6.54 Å². The molecule has 0 aliphatic carbocycles. The van der Waals surface area contributed by atoms with Crippen molar-refractivity contribution in [2.75, 3.05) is 32.7 Å². The topological polar surface area (TPSA) is 15.3 Å². The monoisotopic (exact) mass is 252 g/mol. The van der Waals surface area contributed by atoms with E-state index in [0.29, 0.717) is 5.41 Å². The quantitative estimate of drug-likeness (QED) is 0.830. The van der Waals surface area contributed by atoms with E-state index in [2.05, 4.69) is 31.0 Å². The minimum Gasteiger partial charge on any atom is -0.317 e. The number of rotatable bonds is 3. The molecule has 0 bridgehead atoms. The van der Waals surface area contributed by atoms with Gasteiger partial charge in [0.05, 0.1) is 0 Å². The Labute approximate surface area is 114 Å². The van der Waals surface area contributed by atoms with Crippen LogP contribution in [0, 0.1) is 17.3 Å². The second kappa shape index (κ2) is 6.38. The molecule has 0 spiro atoms. The van der Waals surface area contributed by atoms with E-state index in [1.807, 2.05) is 0 Å². The summed E-state index contributed by atoms with van der Waals surface area (Å²) in [4.78, 5) is 2.73. The zero-order valence-corrected chi connectivity index (χ0v) is 12.7. The van der Waals surface area contributed by atoms with Crippen LogP contribution in [0.5, 0.6) is 0 Å². The Balaban J connectivity index is 1.66. The Kier molecular flexibility index (Phi) is 5.08. The average molecular weight is 252 g/mol. The Bertz CT molecular complexity index is 230. The van der Waals surface area contributed by atoms with Crippen molar-refractivity contribution in [3.63, 3.8) is 0 Å². The van der Waals surface area contributed by atoms with Crippen LogP contribution >= 0.6 is 0 Å². The molecular formula is C16H32N2. The van der Waals surface area contributed by atoms with Gasteiger partial charge in [0.15, 0.2) is 0 Å². The molecule has 0 aromatic carbocycles. The summed E-state index contributed by atoms with van der Waals surface area (Å²) in [7, 11) is 0. The van der Waals surface area contributed by atoms with Gasteiger partial charge >= 0.3 is 0 Å². The average Bonchev–Trinajstić information content (AvgIpc) is 2.31. The van der Waals surface area contributed by atoms with Crippen molar-refractivity contribution in [2.24, 2.45) is 17.3 Å². The molecule has 2 heterocycles. The van der Waals surface area contributed by atoms with Crippen molar-refractivity contribution < 1.29 is 0 Å². The first kappa shape index (κ1) is 14.3. The van der Waals surface area contributed by atoms with E-state index in [9.17, 15) is 0 Å². The van der Waals surface area contributed by atoms with Gasteiger partial charge in [0.1, 0.15) is 0 Å². The summed E-state index contributed by atoms with van der Waals surface area (Å²) >= 11 is 0. The molecule has 0 aromatic heterocycles. The standard InChI is InChI=1S/C16H32N2/c1-16(2,3)12-14-6-10-18(11-7-14)13-15-4-8-17-9-5-15/h14-15,17H,4-13H2,1-3H3. The van der Waals surface area contributed by atoms with Crippen LogP contribution < -0.4 is 5.32 Å². The lowest BCUT2D eigenvalue weighted by Crippen LogP contribution is -2.40. The van der Waals surface area contributed by atoms with Crippen LogP contribution in [0.4, 0.5) is 0 Å². The van der Waals surface area contributed by atoms with Gasteiger partial charge in [-0.1, -0.05) is 20.8 Å². The molecule has 2 rings (SSSR count). The Hall–Kier alpha value is -0.0800. The van der Waals surface area contributed by atoms with Crippen molar-refractivity contribution in [1.82, 2.24) is 10.2 Å². The first-order chi connectivity index (χ1) is 8.53. The predicted molar refractivity (Wildman–Crippen MR) is 78.8 cm³/mol. The van der Waals surface area contributed by atoms with Crippen molar-refractivity contribution in [3.05, 3.63) is 0 Å². The summed E-state index contributed by atoms with van der Waals surface area (Å²) in [5.74, 6) is 1.94. The first-order valence-electron chi connectivity index (χ1n) is 7.96. The summed E-state index contributed by atoms with van der Waals surface area (Å²) < 4.78 is 0. The van der Waals surface area contributed by atoms with E-state index < -0.39 is 0 Å². The first-order valence-corrected chi connectivity index (χ1v) is 7.96. The molecule has 2 nitrogen and oxygen atoms in total. The minimum absolute atomic E-state index is 0.516. The normalized spacial score (nSPS) is 25.5. The maximum Gasteiger partial charge on any atom is 0.00106 e. The highest BCUT2D eigenvalue weighted by atomic mass is 15.1. The third-order valence-corrected chi connectivity index (χ3v) is 4.58. The molecule has 2 aliphatic heterocycles. The number of nitrogens with zero attached hydrogens (tertiary/aromatic N) is 1. The molecule has 0 unspecified atom stereocenters. The third-order valence-electron chi connectivity index (χ3n) is 4.58. The fourth-order valence-electron chi connectivity index (χ4n) is 3.67. The molecule has 0 aromatic rings. The number of piperidine rings is 2. The van der Waals surface area contributed by atoms with Crippen LogP contribution in [0.3, 0.4) is 0 Å². The molecule has 2 saturated heterocycles. The molecule has 2 fully saturated rings. The van der Waals surface area contributed by atoms with Crippen LogP contribution in [0.2, 0.25) is 0 Å². The molecule has 0 radical (unpaired) electrons. The van der Waals surface area contributed by atoms with Gasteiger partial charge in [-0.15, -0.1) is 0 Å². The lowest BCUT2D eigenvalue weighted by atomic mass is 9.80. The van der Waals surface area contributed by atoms with E-state index in [1.54, 1.807) is 0 Å². The molecule has 18 heavy (non-hydrogen) atoms. The minimum atomic E-state index is 0.516. The largest absolute Gasteiger partial charge is 0.317 e. The highest BCUT2D eigenvalue weighted by Gasteiger charge is 2.25. The van der Waals surface area contributed by atoms with Crippen LogP contribution in [0.15, 0.2) is 0 Å². The Morgan fingerprint density at radius 3 is 2.11 bits per heavy atom. The van der Waals surface area contributed by atoms with Gasteiger partial charge in [-0.3, -0.25) is 0 Å². The van der Waals surface area contributed by atoms with Gasteiger partial charge in [0.25, 0.3) is 0 Å². The van der Waals surface area contributed by atoms with Crippen LogP contribution in [0.25, 0.3) is 0 Å². The van der Waals surface area contributed by atoms with E-state index >= 15 is 0 Å². The Morgan fingerprint density at radius 2 is 1.56 bits per heavy atom. The second-order valence-electron chi connectivity index (χ2n) is 7.70. The molecular weight excluding hydrogens is 220 g/mol. The highest BCUT2D eigenvalue weighted by Crippen LogP contribution is 2.31. The molecule has 0 amide bonds. The summed E-state index contributed by atoms with van der Waals surface area (Å²) in [6.45, 7) is 13.7. The van der Waals surface area contributed by atoms with Gasteiger partial charge in [-0.25, -0.2) is 0 Å². The summed E-state index contributed by atoms with van der Waals surface area (Å²) in [6.07, 6.45) is 7.06. The fourth-order valence-corrected chi connectivity index (χ4v) is 3.67.